The van der Waals surface area contributed by atoms with Crippen molar-refractivity contribution in [2.24, 2.45) is 11.7 Å². The third kappa shape index (κ3) is 3.67. The van der Waals surface area contributed by atoms with Gasteiger partial charge < -0.3 is 11.1 Å². The molecule has 2 unspecified atom stereocenters. The van der Waals surface area contributed by atoms with Crippen LogP contribution in [0.15, 0.2) is 23.1 Å². The lowest BCUT2D eigenvalue weighted by atomic mass is 10.0. The maximum atomic E-state index is 13.2. The number of rotatable bonds is 3. The highest BCUT2D eigenvalue weighted by Crippen LogP contribution is 3.02. The van der Waals surface area contributed by atoms with E-state index in [1.54, 1.807) is 0 Å². The van der Waals surface area contributed by atoms with E-state index >= 15 is 0 Å². The van der Waals surface area contributed by atoms with Crippen LogP contribution >= 0.6 is 10.2 Å². The highest BCUT2D eigenvalue weighted by molar-refractivity contribution is 8.45. The molecule has 2 rings (SSSR count). The molecule has 3 N–H and O–H groups in total. The predicted molar refractivity (Wildman–Crippen MR) is 71.7 cm³/mol. The summed E-state index contributed by atoms with van der Waals surface area (Å²) in [5.74, 6) is -3.35. The van der Waals surface area contributed by atoms with E-state index in [1.807, 2.05) is 0 Å². The van der Waals surface area contributed by atoms with E-state index < -0.39 is 44.5 Å². The summed E-state index contributed by atoms with van der Waals surface area (Å²) in [4.78, 5) is 9.24. The van der Waals surface area contributed by atoms with Crippen LogP contribution in [0.25, 0.3) is 0 Å². The fourth-order valence-electron chi connectivity index (χ4n) is 2.43. The van der Waals surface area contributed by atoms with Gasteiger partial charge in [-0.1, -0.05) is 25.8 Å². The third-order valence-corrected chi connectivity index (χ3v) is 4.66. The normalized spacial score (nSPS) is 25.4. The van der Waals surface area contributed by atoms with Crippen LogP contribution in [0.3, 0.4) is 0 Å². The smallest absolute Gasteiger partial charge is 0.313 e. The van der Waals surface area contributed by atoms with Gasteiger partial charge in [-0.3, -0.25) is 4.79 Å². The molecule has 126 valence electrons. The van der Waals surface area contributed by atoms with Crippen LogP contribution in [0.4, 0.5) is 29.5 Å². The number of nitrogens with one attached hydrogen (secondary N) is 1. The van der Waals surface area contributed by atoms with E-state index in [0.29, 0.717) is 19.3 Å². The van der Waals surface area contributed by atoms with Gasteiger partial charge in [0.1, 0.15) is 10.7 Å². The van der Waals surface area contributed by atoms with Gasteiger partial charge in [0.2, 0.25) is 5.91 Å². The van der Waals surface area contributed by atoms with Crippen LogP contribution in [0.2, 0.25) is 0 Å². The quantitative estimate of drug-likeness (QED) is 0.788. The van der Waals surface area contributed by atoms with Crippen molar-refractivity contribution in [2.75, 3.05) is 5.32 Å². The minimum atomic E-state index is -10.2. The molecular weight excluding hydrogens is 334 g/mol. The van der Waals surface area contributed by atoms with Crippen molar-refractivity contribution in [3.05, 3.63) is 24.0 Å². The molecule has 1 aromatic rings. The number of nitrogens with two attached hydrogens (primary N) is 1. The first-order valence-electron chi connectivity index (χ1n) is 6.38. The largest absolute Gasteiger partial charge is 0.327 e. The Bertz CT molecular complexity index is 618. The number of carbonyl (C=O) groups is 1. The van der Waals surface area contributed by atoms with Gasteiger partial charge >= 0.3 is 10.2 Å². The molecule has 1 aliphatic carbocycles. The average molecular weight is 348 g/mol. The number of hydrogen-bond donors (Lipinski definition) is 2. The van der Waals surface area contributed by atoms with E-state index in [-0.39, 0.29) is 12.1 Å². The van der Waals surface area contributed by atoms with E-state index in [9.17, 15) is 28.6 Å². The third-order valence-electron chi connectivity index (χ3n) is 3.52. The van der Waals surface area contributed by atoms with Crippen molar-refractivity contribution in [3.63, 3.8) is 0 Å². The highest BCUT2D eigenvalue weighted by Gasteiger charge is 2.67. The summed E-state index contributed by atoms with van der Waals surface area (Å²) in [6, 6.07) is 0.517. The molecular formula is C12H14F6N2OS. The van der Waals surface area contributed by atoms with Crippen molar-refractivity contribution < 1.29 is 28.6 Å². The van der Waals surface area contributed by atoms with Crippen molar-refractivity contribution in [3.8, 4) is 0 Å². The summed E-state index contributed by atoms with van der Waals surface area (Å²) in [5.41, 5.74) is 5.14. The molecule has 0 aliphatic heterocycles. The Hall–Kier alpha value is -1.42. The zero-order valence-corrected chi connectivity index (χ0v) is 12.0. The van der Waals surface area contributed by atoms with Crippen molar-refractivity contribution >= 4 is 21.8 Å². The fraction of sp³-hybridized carbons (Fsp3) is 0.417. The Morgan fingerprint density at radius 1 is 1.18 bits per heavy atom. The Labute approximate surface area is 122 Å². The number of halogens is 6. The summed E-state index contributed by atoms with van der Waals surface area (Å²) in [6.45, 7) is 0. The van der Waals surface area contributed by atoms with E-state index in [2.05, 4.69) is 5.32 Å². The minimum absolute atomic E-state index is 0.0880. The number of hydrogen-bond acceptors (Lipinski definition) is 2. The van der Waals surface area contributed by atoms with Gasteiger partial charge in [-0.25, -0.2) is 4.39 Å². The Kier molecular flexibility index (Phi) is 3.50. The fourth-order valence-corrected chi connectivity index (χ4v) is 3.21. The predicted octanol–water partition coefficient (Wildman–Crippen LogP) is 4.55. The lowest BCUT2D eigenvalue weighted by Crippen LogP contribution is -2.34. The molecule has 22 heavy (non-hydrogen) atoms. The first-order chi connectivity index (χ1) is 9.77. The van der Waals surface area contributed by atoms with Crippen LogP contribution in [0.5, 0.6) is 0 Å². The zero-order valence-electron chi connectivity index (χ0n) is 11.2. The summed E-state index contributed by atoms with van der Waals surface area (Å²) in [5, 5.41) is 2.09. The van der Waals surface area contributed by atoms with Gasteiger partial charge in [0, 0.05) is 11.7 Å². The van der Waals surface area contributed by atoms with E-state index in [0.717, 1.165) is 6.07 Å². The van der Waals surface area contributed by atoms with Crippen LogP contribution in [-0.4, -0.2) is 11.9 Å². The van der Waals surface area contributed by atoms with Crippen molar-refractivity contribution in [2.45, 2.75) is 30.2 Å². The maximum absolute atomic E-state index is 13.2. The summed E-state index contributed by atoms with van der Waals surface area (Å²) >= 11 is 0. The molecule has 1 amide bonds. The van der Waals surface area contributed by atoms with E-state index in [4.69, 9.17) is 5.73 Å². The summed E-state index contributed by atoms with van der Waals surface area (Å²) in [7, 11) is -10.2. The first-order valence-corrected chi connectivity index (χ1v) is 8.33. The van der Waals surface area contributed by atoms with Crippen LogP contribution in [-0.2, 0) is 4.79 Å². The van der Waals surface area contributed by atoms with Crippen LogP contribution in [0.1, 0.15) is 19.3 Å². The van der Waals surface area contributed by atoms with Crippen molar-refractivity contribution in [1.82, 2.24) is 0 Å². The molecule has 1 saturated carbocycles. The number of benzene rings is 1. The monoisotopic (exact) mass is 348 g/mol. The molecule has 0 heterocycles. The Morgan fingerprint density at radius 2 is 1.82 bits per heavy atom. The standard InChI is InChI=1S/C12H14F6N2OS/c13-9-5-4-7(6-11(9)22(14,15,16,17)18)20-12(21)8-2-1-3-10(8)19/h4-6,8,10H,1-3,19H2,(H,20,21). The molecule has 0 radical (unpaired) electrons. The zero-order chi connectivity index (χ0) is 16.8. The minimum Gasteiger partial charge on any atom is -0.327 e. The molecule has 10 heteroatoms. The van der Waals surface area contributed by atoms with Gasteiger partial charge in [-0.05, 0) is 31.0 Å². The molecule has 2 atom stereocenters. The van der Waals surface area contributed by atoms with E-state index in [1.165, 1.54) is 0 Å². The van der Waals surface area contributed by atoms with Gasteiger partial charge in [0.05, 0.1) is 5.92 Å². The molecule has 0 spiro atoms. The lowest BCUT2D eigenvalue weighted by molar-refractivity contribution is -0.120. The molecule has 0 bridgehead atoms. The number of carbonyl (C=O) groups excluding carboxylic acids is 1. The second-order valence-corrected chi connectivity index (χ2v) is 7.68. The number of anilines is 1. The van der Waals surface area contributed by atoms with Crippen LogP contribution < -0.4 is 11.1 Å². The second kappa shape index (κ2) is 4.54. The SMILES string of the molecule is NC1CCCC1C(=O)Nc1ccc(F)c(S(F)(F)(F)(F)F)c1. The molecule has 0 aromatic heterocycles. The molecule has 1 aliphatic rings. The lowest BCUT2D eigenvalue weighted by Gasteiger charge is -2.40. The number of amides is 1. The average Bonchev–Trinajstić information content (AvgIpc) is 2.75. The second-order valence-electron chi connectivity index (χ2n) is 5.30. The van der Waals surface area contributed by atoms with Crippen LogP contribution in [0, 0.1) is 11.7 Å². The first kappa shape index (κ1) is 16.9. The molecule has 1 aromatic carbocycles. The topological polar surface area (TPSA) is 55.1 Å². The highest BCUT2D eigenvalue weighted by atomic mass is 32.5. The van der Waals surface area contributed by atoms with Crippen molar-refractivity contribution in [1.29, 1.82) is 0 Å². The molecule has 1 fully saturated rings. The van der Waals surface area contributed by atoms with Gasteiger partial charge in [0.25, 0.3) is 0 Å². The Morgan fingerprint density at radius 3 is 2.32 bits per heavy atom. The Balaban J connectivity index is 2.30. The summed E-state index contributed by atoms with van der Waals surface area (Å²) < 4.78 is 76.7. The summed E-state index contributed by atoms with van der Waals surface area (Å²) in [6.07, 6.45) is 1.75. The van der Waals surface area contributed by atoms with Gasteiger partial charge in [-0.2, -0.15) is 0 Å². The maximum Gasteiger partial charge on any atom is 0.313 e. The molecule has 0 saturated heterocycles. The van der Waals surface area contributed by atoms with Gasteiger partial charge in [-0.15, -0.1) is 0 Å². The van der Waals surface area contributed by atoms with Gasteiger partial charge in [0.15, 0.2) is 0 Å². The molecule has 3 nitrogen and oxygen atoms in total.